The fraction of sp³-hybridized carbons (Fsp3) is 0.278. The molecular formula is C18H20FNO. The van der Waals surface area contributed by atoms with E-state index in [-0.39, 0.29) is 18.3 Å². The van der Waals surface area contributed by atoms with Crippen molar-refractivity contribution in [3.8, 4) is 0 Å². The molecule has 0 aliphatic rings. The first kappa shape index (κ1) is 15.2. The molecule has 0 radical (unpaired) electrons. The Morgan fingerprint density at radius 3 is 2.24 bits per heavy atom. The molecule has 2 aromatic carbocycles. The Hall–Kier alpha value is -2.16. The van der Waals surface area contributed by atoms with E-state index in [1.165, 1.54) is 6.07 Å². The van der Waals surface area contributed by atoms with Gasteiger partial charge in [-0.05, 0) is 38.0 Å². The zero-order valence-electron chi connectivity index (χ0n) is 12.9. The van der Waals surface area contributed by atoms with Crippen LogP contribution in [0.3, 0.4) is 0 Å². The van der Waals surface area contributed by atoms with Crippen LogP contribution in [-0.2, 0) is 6.54 Å². The van der Waals surface area contributed by atoms with Crippen molar-refractivity contribution >= 4 is 5.91 Å². The van der Waals surface area contributed by atoms with Gasteiger partial charge in [0.15, 0.2) is 0 Å². The molecule has 0 saturated heterocycles. The largest absolute Gasteiger partial charge is 0.337 e. The first-order chi connectivity index (χ1) is 9.90. The number of amides is 1. The van der Waals surface area contributed by atoms with Gasteiger partial charge in [-0.15, -0.1) is 0 Å². The van der Waals surface area contributed by atoms with Crippen LogP contribution in [0.25, 0.3) is 0 Å². The Kier molecular flexibility index (Phi) is 4.41. The summed E-state index contributed by atoms with van der Waals surface area (Å²) in [6, 6.07) is 10.5. The molecule has 0 fully saturated rings. The molecule has 0 heterocycles. The number of hydrogen-bond donors (Lipinski definition) is 0. The minimum Gasteiger partial charge on any atom is -0.337 e. The van der Waals surface area contributed by atoms with E-state index in [1.54, 1.807) is 30.1 Å². The monoisotopic (exact) mass is 285 g/mol. The average molecular weight is 285 g/mol. The van der Waals surface area contributed by atoms with Crippen LogP contribution in [-0.4, -0.2) is 17.9 Å². The average Bonchev–Trinajstić information content (AvgIpc) is 2.40. The molecule has 21 heavy (non-hydrogen) atoms. The zero-order valence-corrected chi connectivity index (χ0v) is 12.9. The van der Waals surface area contributed by atoms with Crippen molar-refractivity contribution in [3.05, 3.63) is 70.0 Å². The van der Waals surface area contributed by atoms with Gasteiger partial charge in [0.25, 0.3) is 5.91 Å². The van der Waals surface area contributed by atoms with Crippen LogP contribution in [0.4, 0.5) is 4.39 Å². The number of aryl methyl sites for hydroxylation is 3. The molecule has 0 aromatic heterocycles. The van der Waals surface area contributed by atoms with Crippen LogP contribution < -0.4 is 0 Å². The highest BCUT2D eigenvalue weighted by atomic mass is 19.1. The lowest BCUT2D eigenvalue weighted by Crippen LogP contribution is -2.28. The van der Waals surface area contributed by atoms with Gasteiger partial charge >= 0.3 is 0 Å². The number of carbonyl (C=O) groups excluding carboxylic acids is 1. The summed E-state index contributed by atoms with van der Waals surface area (Å²) in [6.45, 7) is 6.14. The van der Waals surface area contributed by atoms with Gasteiger partial charge in [-0.3, -0.25) is 4.79 Å². The SMILES string of the molecule is Cc1cc(C)c(C(=O)N(C)Cc2ccccc2F)c(C)c1. The van der Waals surface area contributed by atoms with Crippen molar-refractivity contribution in [2.45, 2.75) is 27.3 Å². The summed E-state index contributed by atoms with van der Waals surface area (Å²) in [6.07, 6.45) is 0. The summed E-state index contributed by atoms with van der Waals surface area (Å²) in [7, 11) is 1.70. The summed E-state index contributed by atoms with van der Waals surface area (Å²) in [5.74, 6) is -0.359. The smallest absolute Gasteiger partial charge is 0.254 e. The van der Waals surface area contributed by atoms with Crippen LogP contribution in [0.2, 0.25) is 0 Å². The summed E-state index contributed by atoms with van der Waals surface area (Å²) in [4.78, 5) is 14.2. The maximum Gasteiger partial charge on any atom is 0.254 e. The fourth-order valence-electron chi connectivity index (χ4n) is 2.66. The molecule has 3 heteroatoms. The maximum absolute atomic E-state index is 13.7. The molecule has 0 spiro atoms. The zero-order chi connectivity index (χ0) is 15.6. The number of halogens is 1. The standard InChI is InChI=1S/C18H20FNO/c1-12-9-13(2)17(14(3)10-12)18(21)20(4)11-15-7-5-6-8-16(15)19/h5-10H,11H2,1-4H3. The van der Waals surface area contributed by atoms with Gasteiger partial charge in [0.1, 0.15) is 5.82 Å². The Morgan fingerprint density at radius 2 is 1.67 bits per heavy atom. The summed E-state index contributed by atoms with van der Waals surface area (Å²) in [5.41, 5.74) is 4.28. The van der Waals surface area contributed by atoms with Crippen LogP contribution in [0, 0.1) is 26.6 Å². The fourth-order valence-corrected chi connectivity index (χ4v) is 2.66. The Labute approximate surface area is 125 Å². The van der Waals surface area contributed by atoms with Gasteiger partial charge in [0, 0.05) is 24.7 Å². The van der Waals surface area contributed by atoms with Crippen LogP contribution >= 0.6 is 0 Å². The third-order valence-electron chi connectivity index (χ3n) is 3.60. The van der Waals surface area contributed by atoms with E-state index >= 15 is 0 Å². The lowest BCUT2D eigenvalue weighted by Gasteiger charge is -2.20. The first-order valence-corrected chi connectivity index (χ1v) is 6.97. The third-order valence-corrected chi connectivity index (χ3v) is 3.60. The van der Waals surface area contributed by atoms with E-state index in [9.17, 15) is 9.18 Å². The molecule has 0 N–H and O–H groups in total. The number of nitrogens with zero attached hydrogens (tertiary/aromatic N) is 1. The molecule has 0 atom stereocenters. The second-order valence-corrected chi connectivity index (χ2v) is 5.53. The van der Waals surface area contributed by atoms with E-state index < -0.39 is 0 Å². The molecule has 2 nitrogen and oxygen atoms in total. The molecule has 0 saturated carbocycles. The van der Waals surface area contributed by atoms with Crippen molar-refractivity contribution in [2.24, 2.45) is 0 Å². The molecule has 1 amide bonds. The number of hydrogen-bond acceptors (Lipinski definition) is 1. The molecular weight excluding hydrogens is 265 g/mol. The predicted molar refractivity (Wildman–Crippen MR) is 82.9 cm³/mol. The molecule has 2 aromatic rings. The molecule has 2 rings (SSSR count). The maximum atomic E-state index is 13.7. The van der Waals surface area contributed by atoms with Crippen LogP contribution in [0.15, 0.2) is 36.4 Å². The number of benzene rings is 2. The molecule has 0 unspecified atom stereocenters. The van der Waals surface area contributed by atoms with Gasteiger partial charge in [0.2, 0.25) is 0 Å². The van der Waals surface area contributed by atoms with E-state index in [4.69, 9.17) is 0 Å². The molecule has 110 valence electrons. The van der Waals surface area contributed by atoms with Crippen molar-refractivity contribution in [2.75, 3.05) is 7.05 Å². The third kappa shape index (κ3) is 3.30. The normalized spacial score (nSPS) is 10.5. The Morgan fingerprint density at radius 1 is 1.10 bits per heavy atom. The van der Waals surface area contributed by atoms with Gasteiger partial charge in [-0.25, -0.2) is 4.39 Å². The van der Waals surface area contributed by atoms with E-state index in [1.807, 2.05) is 32.9 Å². The predicted octanol–water partition coefficient (Wildman–Crippen LogP) is 4.02. The summed E-state index contributed by atoms with van der Waals surface area (Å²) in [5, 5.41) is 0. The second-order valence-electron chi connectivity index (χ2n) is 5.53. The minimum absolute atomic E-state index is 0.0757. The quantitative estimate of drug-likeness (QED) is 0.834. The van der Waals surface area contributed by atoms with Gasteiger partial charge in [0.05, 0.1) is 0 Å². The van der Waals surface area contributed by atoms with E-state index in [0.29, 0.717) is 11.1 Å². The number of rotatable bonds is 3. The molecule has 0 bridgehead atoms. The highest BCUT2D eigenvalue weighted by Crippen LogP contribution is 2.19. The lowest BCUT2D eigenvalue weighted by molar-refractivity contribution is 0.0782. The van der Waals surface area contributed by atoms with Crippen molar-refractivity contribution in [3.63, 3.8) is 0 Å². The van der Waals surface area contributed by atoms with E-state index in [2.05, 4.69) is 0 Å². The number of carbonyl (C=O) groups is 1. The van der Waals surface area contributed by atoms with Crippen LogP contribution in [0.5, 0.6) is 0 Å². The second kappa shape index (κ2) is 6.08. The first-order valence-electron chi connectivity index (χ1n) is 6.97. The minimum atomic E-state index is -0.283. The van der Waals surface area contributed by atoms with Crippen molar-refractivity contribution in [1.29, 1.82) is 0 Å². The summed E-state index contributed by atoms with van der Waals surface area (Å²) < 4.78 is 13.7. The van der Waals surface area contributed by atoms with Gasteiger partial charge < -0.3 is 4.90 Å². The highest BCUT2D eigenvalue weighted by Gasteiger charge is 2.18. The van der Waals surface area contributed by atoms with Crippen molar-refractivity contribution < 1.29 is 9.18 Å². The van der Waals surface area contributed by atoms with E-state index in [0.717, 1.165) is 16.7 Å². The highest BCUT2D eigenvalue weighted by molar-refractivity contribution is 5.97. The topological polar surface area (TPSA) is 20.3 Å². The Bertz CT molecular complexity index is 656. The van der Waals surface area contributed by atoms with Gasteiger partial charge in [-0.2, -0.15) is 0 Å². The lowest BCUT2D eigenvalue weighted by atomic mass is 9.98. The van der Waals surface area contributed by atoms with Crippen LogP contribution in [0.1, 0.15) is 32.6 Å². The Balaban J connectivity index is 2.26. The molecule has 0 aliphatic heterocycles. The molecule has 0 aliphatic carbocycles. The van der Waals surface area contributed by atoms with Crippen molar-refractivity contribution in [1.82, 2.24) is 4.90 Å². The van der Waals surface area contributed by atoms with Gasteiger partial charge in [-0.1, -0.05) is 35.9 Å². The summed E-state index contributed by atoms with van der Waals surface area (Å²) >= 11 is 0.